The molecule has 0 bridgehead atoms. The Morgan fingerprint density at radius 2 is 2.11 bits per heavy atom. The van der Waals surface area contributed by atoms with Gasteiger partial charge in [0.2, 0.25) is 5.91 Å². The SMILES string of the molecule is CCC(CC)NC(=O)Cn1c(C)nc(Cl)cc1=O. The van der Waals surface area contributed by atoms with Crippen molar-refractivity contribution in [3.8, 4) is 0 Å². The van der Waals surface area contributed by atoms with Crippen molar-refractivity contribution in [1.82, 2.24) is 14.9 Å². The lowest BCUT2D eigenvalue weighted by Crippen LogP contribution is -2.39. The quantitative estimate of drug-likeness (QED) is 0.826. The average molecular weight is 272 g/mol. The van der Waals surface area contributed by atoms with Crippen molar-refractivity contribution >= 4 is 17.5 Å². The van der Waals surface area contributed by atoms with E-state index < -0.39 is 0 Å². The minimum absolute atomic E-state index is 0.0225. The Morgan fingerprint density at radius 3 is 2.61 bits per heavy atom. The summed E-state index contributed by atoms with van der Waals surface area (Å²) >= 11 is 5.66. The van der Waals surface area contributed by atoms with Crippen molar-refractivity contribution in [2.45, 2.75) is 46.2 Å². The highest BCUT2D eigenvalue weighted by atomic mass is 35.5. The minimum atomic E-state index is -0.313. The normalized spacial score (nSPS) is 10.7. The van der Waals surface area contributed by atoms with Gasteiger partial charge in [-0.2, -0.15) is 0 Å². The van der Waals surface area contributed by atoms with E-state index in [0.29, 0.717) is 5.82 Å². The molecule has 1 aromatic heterocycles. The van der Waals surface area contributed by atoms with Gasteiger partial charge in [0.15, 0.2) is 0 Å². The van der Waals surface area contributed by atoms with Crippen LogP contribution in [0.2, 0.25) is 5.15 Å². The van der Waals surface area contributed by atoms with Gasteiger partial charge in [0.25, 0.3) is 5.56 Å². The molecule has 0 aliphatic carbocycles. The van der Waals surface area contributed by atoms with Gasteiger partial charge in [0.05, 0.1) is 0 Å². The second kappa shape index (κ2) is 6.54. The van der Waals surface area contributed by atoms with Crippen LogP contribution in [0.5, 0.6) is 0 Å². The Balaban J connectivity index is 2.79. The largest absolute Gasteiger partial charge is 0.352 e. The number of carbonyl (C=O) groups excluding carboxylic acids is 1. The van der Waals surface area contributed by atoms with Crippen molar-refractivity contribution in [1.29, 1.82) is 0 Å². The van der Waals surface area contributed by atoms with Gasteiger partial charge in [-0.05, 0) is 19.8 Å². The zero-order chi connectivity index (χ0) is 13.7. The van der Waals surface area contributed by atoms with E-state index in [0.717, 1.165) is 12.8 Å². The average Bonchev–Trinajstić information content (AvgIpc) is 2.30. The van der Waals surface area contributed by atoms with E-state index >= 15 is 0 Å². The molecule has 0 spiro atoms. The fourth-order valence-electron chi connectivity index (χ4n) is 1.69. The lowest BCUT2D eigenvalue weighted by molar-refractivity contribution is -0.122. The fourth-order valence-corrected chi connectivity index (χ4v) is 1.90. The van der Waals surface area contributed by atoms with Crippen molar-refractivity contribution in [2.24, 2.45) is 0 Å². The number of carbonyl (C=O) groups is 1. The lowest BCUT2D eigenvalue weighted by Gasteiger charge is -2.15. The summed E-state index contributed by atoms with van der Waals surface area (Å²) in [5.41, 5.74) is -0.313. The number of rotatable bonds is 5. The fraction of sp³-hybridized carbons (Fsp3) is 0.583. The number of halogens is 1. The van der Waals surface area contributed by atoms with Gasteiger partial charge < -0.3 is 5.32 Å². The number of aromatic nitrogens is 2. The third-order valence-electron chi connectivity index (χ3n) is 2.82. The first-order chi connectivity index (χ1) is 8.47. The molecular weight excluding hydrogens is 254 g/mol. The van der Waals surface area contributed by atoms with E-state index in [9.17, 15) is 9.59 Å². The topological polar surface area (TPSA) is 64.0 Å². The Hall–Kier alpha value is -1.36. The van der Waals surface area contributed by atoms with Crippen LogP contribution in [-0.4, -0.2) is 21.5 Å². The van der Waals surface area contributed by atoms with Crippen LogP contribution in [0.15, 0.2) is 10.9 Å². The van der Waals surface area contributed by atoms with E-state index in [1.165, 1.54) is 10.6 Å². The first kappa shape index (κ1) is 14.7. The van der Waals surface area contributed by atoms with E-state index in [1.807, 2.05) is 13.8 Å². The van der Waals surface area contributed by atoms with Gasteiger partial charge in [0.1, 0.15) is 17.5 Å². The van der Waals surface area contributed by atoms with Crippen molar-refractivity contribution < 1.29 is 4.79 Å². The highest BCUT2D eigenvalue weighted by Gasteiger charge is 2.11. The Labute approximate surface area is 111 Å². The standard InChI is InChI=1S/C12H18ClN3O2/c1-4-9(5-2)15-11(17)7-16-8(3)14-10(13)6-12(16)18/h6,9H,4-5,7H2,1-3H3,(H,15,17). The molecule has 1 N–H and O–H groups in total. The van der Waals surface area contributed by atoms with E-state index in [2.05, 4.69) is 10.3 Å². The molecule has 100 valence electrons. The summed E-state index contributed by atoms with van der Waals surface area (Å²) in [7, 11) is 0. The summed E-state index contributed by atoms with van der Waals surface area (Å²) < 4.78 is 1.31. The minimum Gasteiger partial charge on any atom is -0.352 e. The summed E-state index contributed by atoms with van der Waals surface area (Å²) in [6, 6.07) is 1.35. The lowest BCUT2D eigenvalue weighted by atomic mass is 10.2. The van der Waals surface area contributed by atoms with Crippen LogP contribution in [0.3, 0.4) is 0 Å². The molecule has 0 aliphatic rings. The summed E-state index contributed by atoms with van der Waals surface area (Å²) in [4.78, 5) is 27.4. The highest BCUT2D eigenvalue weighted by molar-refractivity contribution is 6.29. The zero-order valence-corrected chi connectivity index (χ0v) is 11.6. The van der Waals surface area contributed by atoms with Crippen molar-refractivity contribution in [3.63, 3.8) is 0 Å². The molecule has 5 nitrogen and oxygen atoms in total. The van der Waals surface area contributed by atoms with Crippen molar-refractivity contribution in [3.05, 3.63) is 27.4 Å². The van der Waals surface area contributed by atoms with Crippen molar-refractivity contribution in [2.75, 3.05) is 0 Å². The molecule has 0 aliphatic heterocycles. The smallest absolute Gasteiger partial charge is 0.255 e. The van der Waals surface area contributed by atoms with Gasteiger partial charge >= 0.3 is 0 Å². The molecule has 1 aromatic rings. The summed E-state index contributed by atoms with van der Waals surface area (Å²) in [5, 5.41) is 3.02. The van der Waals surface area contributed by atoms with Crippen LogP contribution in [-0.2, 0) is 11.3 Å². The third-order valence-corrected chi connectivity index (χ3v) is 3.01. The summed E-state index contributed by atoms with van der Waals surface area (Å²) in [6.45, 7) is 5.65. The third kappa shape index (κ3) is 3.84. The second-order valence-electron chi connectivity index (χ2n) is 4.13. The number of hydrogen-bond donors (Lipinski definition) is 1. The molecule has 0 aromatic carbocycles. The highest BCUT2D eigenvalue weighted by Crippen LogP contribution is 2.01. The number of nitrogens with zero attached hydrogens (tertiary/aromatic N) is 2. The maximum absolute atomic E-state index is 11.8. The molecule has 0 atom stereocenters. The molecule has 0 radical (unpaired) electrons. The molecule has 1 heterocycles. The Kier molecular flexibility index (Phi) is 5.34. The zero-order valence-electron chi connectivity index (χ0n) is 10.9. The van der Waals surface area contributed by atoms with E-state index in [1.54, 1.807) is 6.92 Å². The van der Waals surface area contributed by atoms with Crippen LogP contribution in [0.1, 0.15) is 32.5 Å². The van der Waals surface area contributed by atoms with Gasteiger partial charge in [-0.3, -0.25) is 14.2 Å². The summed E-state index contributed by atoms with van der Waals surface area (Å²) in [6.07, 6.45) is 1.74. The number of aryl methyl sites for hydroxylation is 1. The summed E-state index contributed by atoms with van der Waals surface area (Å²) in [5.74, 6) is 0.255. The monoisotopic (exact) mass is 271 g/mol. The number of hydrogen-bond acceptors (Lipinski definition) is 3. The van der Waals surface area contributed by atoms with Crippen LogP contribution < -0.4 is 10.9 Å². The number of nitrogens with one attached hydrogen (secondary N) is 1. The molecule has 0 fully saturated rings. The van der Waals surface area contributed by atoms with E-state index in [4.69, 9.17) is 11.6 Å². The van der Waals surface area contributed by atoms with Gasteiger partial charge in [0, 0.05) is 12.1 Å². The molecule has 1 rings (SSSR count). The van der Waals surface area contributed by atoms with Crippen LogP contribution in [0.25, 0.3) is 0 Å². The first-order valence-corrected chi connectivity index (χ1v) is 6.39. The van der Waals surface area contributed by atoms with Crippen LogP contribution in [0, 0.1) is 6.92 Å². The van der Waals surface area contributed by atoms with Crippen LogP contribution >= 0.6 is 11.6 Å². The van der Waals surface area contributed by atoms with Gasteiger partial charge in [-0.1, -0.05) is 25.4 Å². The van der Waals surface area contributed by atoms with E-state index in [-0.39, 0.29) is 29.2 Å². The maximum Gasteiger partial charge on any atom is 0.255 e. The molecule has 18 heavy (non-hydrogen) atoms. The molecular formula is C12H18ClN3O2. The predicted octanol–water partition coefficient (Wildman–Crippen LogP) is 1.51. The second-order valence-corrected chi connectivity index (χ2v) is 4.52. The molecule has 0 saturated carbocycles. The van der Waals surface area contributed by atoms with Crippen LogP contribution in [0.4, 0.5) is 0 Å². The molecule has 1 amide bonds. The van der Waals surface area contributed by atoms with Gasteiger partial charge in [-0.25, -0.2) is 4.98 Å². The Bertz CT molecular complexity index is 481. The predicted molar refractivity (Wildman–Crippen MR) is 70.8 cm³/mol. The Morgan fingerprint density at radius 1 is 1.50 bits per heavy atom. The molecule has 6 heteroatoms. The number of amides is 1. The molecule has 0 unspecified atom stereocenters. The van der Waals surface area contributed by atoms with Gasteiger partial charge in [-0.15, -0.1) is 0 Å². The first-order valence-electron chi connectivity index (χ1n) is 6.01. The molecule has 0 saturated heterocycles. The maximum atomic E-state index is 11.8.